The number of hydrogen-bond donors (Lipinski definition) is 1. The molecule has 0 radical (unpaired) electrons. The molecule has 0 aromatic rings. The van der Waals surface area contributed by atoms with Gasteiger partial charge in [-0.15, -0.1) is 0 Å². The summed E-state index contributed by atoms with van der Waals surface area (Å²) in [5, 5.41) is -2.20. The Hall–Kier alpha value is -0.830. The molecule has 1 amide bonds. The number of piperazine rings is 1. The third-order valence-corrected chi connectivity index (χ3v) is 2.75. The minimum atomic E-state index is -6.20. The molecule has 0 saturated carbocycles. The van der Waals surface area contributed by atoms with E-state index in [1.807, 2.05) is 0 Å². The number of carbonyl (C=O) groups excluding carboxylic acids is 1. The van der Waals surface area contributed by atoms with E-state index in [0.29, 0.717) is 4.90 Å². The highest BCUT2D eigenvalue weighted by atomic mass is 32.3. The predicted molar refractivity (Wildman–Crippen MR) is 44.4 cm³/mol. The van der Waals surface area contributed by atoms with Crippen LogP contribution in [-0.4, -0.2) is 50.7 Å². The van der Waals surface area contributed by atoms with Gasteiger partial charge in [-0.3, -0.25) is 4.79 Å². The third kappa shape index (κ3) is 2.40. The van der Waals surface area contributed by atoms with Crippen molar-refractivity contribution in [2.45, 2.75) is 5.25 Å². The van der Waals surface area contributed by atoms with Crippen LogP contribution in [0.2, 0.25) is 0 Å². The molecule has 88 valence electrons. The number of nitrogens with one attached hydrogen (secondary N) is 1. The predicted octanol–water partition coefficient (Wildman–Crippen LogP) is -0.690. The molecule has 0 atom stereocenters. The van der Waals surface area contributed by atoms with Crippen LogP contribution in [0.1, 0.15) is 0 Å². The van der Waals surface area contributed by atoms with Crippen molar-refractivity contribution in [2.24, 2.45) is 0 Å². The zero-order valence-electron chi connectivity index (χ0n) is 7.54. The van der Waals surface area contributed by atoms with Crippen LogP contribution in [0.15, 0.2) is 0 Å². The van der Waals surface area contributed by atoms with Crippen LogP contribution in [0, 0.1) is 0 Å². The number of alkyl halides is 2. The Labute approximate surface area is 84.4 Å². The maximum atomic E-state index is 12.7. The van der Waals surface area contributed by atoms with Crippen molar-refractivity contribution in [2.75, 3.05) is 26.2 Å². The summed E-state index contributed by atoms with van der Waals surface area (Å²) in [6, 6.07) is 0. The minimum Gasteiger partial charge on any atom is -0.334 e. The summed E-state index contributed by atoms with van der Waals surface area (Å²) in [5.74, 6) is -2.01. The molecule has 1 heterocycles. The first-order valence-corrected chi connectivity index (χ1v) is 5.47. The van der Waals surface area contributed by atoms with Gasteiger partial charge in [0.05, 0.1) is 0 Å². The zero-order chi connectivity index (χ0) is 11.7. The fourth-order valence-electron chi connectivity index (χ4n) is 1.16. The largest absolute Gasteiger partial charge is 0.451 e. The Bertz CT molecular complexity index is 351. The third-order valence-electron chi connectivity index (χ3n) is 1.96. The molecule has 9 heteroatoms. The summed E-state index contributed by atoms with van der Waals surface area (Å²) >= 11 is 0. The molecular formula is C6H9F3N2O3S. The normalized spacial score (nSPS) is 19.0. The lowest BCUT2D eigenvalue weighted by Crippen LogP contribution is -2.53. The summed E-state index contributed by atoms with van der Waals surface area (Å²) in [6.45, 7) is 0.413. The van der Waals surface area contributed by atoms with Crippen molar-refractivity contribution in [1.82, 2.24) is 10.2 Å². The maximum Gasteiger partial charge on any atom is 0.451 e. The summed E-state index contributed by atoms with van der Waals surface area (Å²) in [7, 11) is -6.20. The molecular weight excluding hydrogens is 237 g/mol. The second-order valence-electron chi connectivity index (χ2n) is 3.00. The number of halogens is 3. The van der Waals surface area contributed by atoms with Gasteiger partial charge in [-0.1, -0.05) is 3.89 Å². The van der Waals surface area contributed by atoms with Crippen molar-refractivity contribution >= 4 is 16.1 Å². The van der Waals surface area contributed by atoms with Crippen LogP contribution >= 0.6 is 0 Å². The van der Waals surface area contributed by atoms with Crippen LogP contribution in [0.5, 0.6) is 0 Å². The van der Waals surface area contributed by atoms with Crippen LogP contribution in [0.4, 0.5) is 12.7 Å². The van der Waals surface area contributed by atoms with E-state index in [4.69, 9.17) is 0 Å². The van der Waals surface area contributed by atoms with Crippen LogP contribution < -0.4 is 5.32 Å². The molecule has 15 heavy (non-hydrogen) atoms. The smallest absolute Gasteiger partial charge is 0.334 e. The molecule has 0 bridgehead atoms. The highest BCUT2D eigenvalue weighted by Crippen LogP contribution is 2.26. The highest BCUT2D eigenvalue weighted by Gasteiger charge is 2.55. The van der Waals surface area contributed by atoms with Gasteiger partial charge in [0.15, 0.2) is 0 Å². The lowest BCUT2D eigenvalue weighted by atomic mass is 10.3. The molecule has 0 aromatic heterocycles. The van der Waals surface area contributed by atoms with Crippen molar-refractivity contribution < 1.29 is 25.9 Å². The van der Waals surface area contributed by atoms with Gasteiger partial charge in [-0.05, 0) is 0 Å². The Morgan fingerprint density at radius 3 is 2.13 bits per heavy atom. The average Bonchev–Trinajstić information content (AvgIpc) is 2.16. The lowest BCUT2D eigenvalue weighted by Gasteiger charge is -2.29. The van der Waals surface area contributed by atoms with E-state index in [2.05, 4.69) is 5.32 Å². The number of rotatable bonds is 2. The van der Waals surface area contributed by atoms with E-state index >= 15 is 0 Å². The van der Waals surface area contributed by atoms with Crippen molar-refractivity contribution in [3.8, 4) is 0 Å². The summed E-state index contributed by atoms with van der Waals surface area (Å²) in [6.07, 6.45) is 0. The number of hydrogen-bond acceptors (Lipinski definition) is 4. The van der Waals surface area contributed by atoms with E-state index in [-0.39, 0.29) is 26.2 Å². The maximum absolute atomic E-state index is 12.7. The topological polar surface area (TPSA) is 66.5 Å². The van der Waals surface area contributed by atoms with Crippen molar-refractivity contribution in [3.63, 3.8) is 0 Å². The molecule has 1 aliphatic heterocycles. The average molecular weight is 246 g/mol. The fourth-order valence-corrected chi connectivity index (χ4v) is 1.49. The SMILES string of the molecule is O=C(N1CCNCC1)C(F)(F)S(=O)(=O)F. The number of carbonyl (C=O) groups is 1. The summed E-state index contributed by atoms with van der Waals surface area (Å²) in [5.41, 5.74) is 0. The molecule has 0 aliphatic carbocycles. The number of amides is 1. The molecule has 0 unspecified atom stereocenters. The van der Waals surface area contributed by atoms with E-state index in [0.717, 1.165) is 0 Å². The first-order valence-electron chi connectivity index (χ1n) is 4.09. The molecule has 1 N–H and O–H groups in total. The van der Waals surface area contributed by atoms with Gasteiger partial charge in [0.2, 0.25) is 0 Å². The van der Waals surface area contributed by atoms with E-state index < -0.39 is 21.4 Å². The van der Waals surface area contributed by atoms with Gasteiger partial charge in [0, 0.05) is 26.2 Å². The second kappa shape index (κ2) is 3.97. The zero-order valence-corrected chi connectivity index (χ0v) is 8.36. The molecule has 0 aromatic carbocycles. The molecule has 1 saturated heterocycles. The van der Waals surface area contributed by atoms with Gasteiger partial charge in [-0.2, -0.15) is 17.2 Å². The first kappa shape index (κ1) is 12.2. The van der Waals surface area contributed by atoms with E-state index in [1.54, 1.807) is 0 Å². The Morgan fingerprint density at radius 2 is 1.73 bits per heavy atom. The number of nitrogens with zero attached hydrogens (tertiary/aromatic N) is 1. The molecule has 0 spiro atoms. The summed E-state index contributed by atoms with van der Waals surface area (Å²) < 4.78 is 57.7. The standard InChI is InChI=1S/C6H9F3N2O3S/c7-6(8,15(9,13)14)5(12)11-3-1-10-2-4-11/h10H,1-4H2. The first-order chi connectivity index (χ1) is 6.77. The molecule has 1 fully saturated rings. The van der Waals surface area contributed by atoms with Gasteiger partial charge in [0.1, 0.15) is 0 Å². The molecule has 1 rings (SSSR count). The van der Waals surface area contributed by atoms with Gasteiger partial charge >= 0.3 is 21.4 Å². The van der Waals surface area contributed by atoms with Gasteiger partial charge < -0.3 is 10.2 Å². The van der Waals surface area contributed by atoms with Crippen LogP contribution in [0.3, 0.4) is 0 Å². The monoisotopic (exact) mass is 246 g/mol. The van der Waals surface area contributed by atoms with Gasteiger partial charge in [-0.25, -0.2) is 0 Å². The van der Waals surface area contributed by atoms with Gasteiger partial charge in [0.25, 0.3) is 0 Å². The Balaban J connectivity index is 2.83. The van der Waals surface area contributed by atoms with E-state index in [1.165, 1.54) is 0 Å². The minimum absolute atomic E-state index is 0.0655. The molecule has 1 aliphatic rings. The molecule has 5 nitrogen and oxygen atoms in total. The van der Waals surface area contributed by atoms with Crippen molar-refractivity contribution in [3.05, 3.63) is 0 Å². The van der Waals surface area contributed by atoms with Crippen LogP contribution in [-0.2, 0) is 15.0 Å². The van der Waals surface area contributed by atoms with E-state index in [9.17, 15) is 25.9 Å². The second-order valence-corrected chi connectivity index (χ2v) is 4.39. The highest BCUT2D eigenvalue weighted by molar-refractivity contribution is 7.88. The summed E-state index contributed by atoms with van der Waals surface area (Å²) in [4.78, 5) is 11.6. The quantitative estimate of drug-likeness (QED) is 0.655. The Morgan fingerprint density at radius 1 is 1.27 bits per heavy atom. The Kier molecular flexibility index (Phi) is 3.24. The lowest BCUT2D eigenvalue weighted by molar-refractivity contribution is -0.147. The van der Waals surface area contributed by atoms with Crippen molar-refractivity contribution in [1.29, 1.82) is 0 Å². The van der Waals surface area contributed by atoms with Crippen LogP contribution in [0.25, 0.3) is 0 Å². The fraction of sp³-hybridized carbons (Fsp3) is 0.833.